The fraction of sp³-hybridized carbons (Fsp3) is 0.846. The zero-order valence-corrected chi connectivity index (χ0v) is 12.4. The summed E-state index contributed by atoms with van der Waals surface area (Å²) in [4.78, 5) is 18.8. The summed E-state index contributed by atoms with van der Waals surface area (Å²) in [6, 6.07) is 1.93. The highest BCUT2D eigenvalue weighted by Crippen LogP contribution is 2.10. The standard InChI is InChI=1S/C13H23N3O4/c1-13(2,3)19-12(17)20-16-7-5-15(6-8-16)9-11-18-10-4-14/h5-11H2,1-3H3. The maximum Gasteiger partial charge on any atom is 0.528 e. The minimum atomic E-state index is -0.664. The van der Waals surface area contributed by atoms with E-state index in [-0.39, 0.29) is 6.61 Å². The van der Waals surface area contributed by atoms with Gasteiger partial charge in [0.25, 0.3) is 0 Å². The Labute approximate surface area is 119 Å². The first-order valence-corrected chi connectivity index (χ1v) is 6.73. The number of rotatable bonds is 5. The Hall–Kier alpha value is -1.36. The van der Waals surface area contributed by atoms with E-state index < -0.39 is 11.8 Å². The molecule has 1 aliphatic heterocycles. The minimum Gasteiger partial charge on any atom is -0.427 e. The first kappa shape index (κ1) is 16.7. The molecule has 114 valence electrons. The summed E-state index contributed by atoms with van der Waals surface area (Å²) in [5, 5.41) is 9.96. The Balaban J connectivity index is 2.16. The molecule has 7 heteroatoms. The van der Waals surface area contributed by atoms with E-state index in [2.05, 4.69) is 4.90 Å². The van der Waals surface area contributed by atoms with E-state index in [1.165, 1.54) is 0 Å². The third kappa shape index (κ3) is 7.28. The van der Waals surface area contributed by atoms with Crippen LogP contribution < -0.4 is 0 Å². The Morgan fingerprint density at radius 2 is 1.90 bits per heavy atom. The highest BCUT2D eigenvalue weighted by atomic mass is 16.8. The van der Waals surface area contributed by atoms with Crippen molar-refractivity contribution >= 4 is 6.16 Å². The van der Waals surface area contributed by atoms with Crippen LogP contribution in [0.3, 0.4) is 0 Å². The lowest BCUT2D eigenvalue weighted by molar-refractivity contribution is -0.158. The number of hydrogen-bond acceptors (Lipinski definition) is 7. The van der Waals surface area contributed by atoms with Gasteiger partial charge >= 0.3 is 6.16 Å². The van der Waals surface area contributed by atoms with E-state index in [0.717, 1.165) is 19.6 Å². The monoisotopic (exact) mass is 285 g/mol. The smallest absolute Gasteiger partial charge is 0.427 e. The predicted octanol–water partition coefficient (Wildman–Crippen LogP) is 1.01. The van der Waals surface area contributed by atoms with Crippen molar-refractivity contribution in [1.29, 1.82) is 5.26 Å². The van der Waals surface area contributed by atoms with Gasteiger partial charge in [-0.05, 0) is 20.8 Å². The number of nitrogens with zero attached hydrogens (tertiary/aromatic N) is 3. The van der Waals surface area contributed by atoms with Crippen LogP contribution in [0, 0.1) is 11.3 Å². The molecule has 20 heavy (non-hydrogen) atoms. The number of carbonyl (C=O) groups is 1. The van der Waals surface area contributed by atoms with Crippen LogP contribution in [0.15, 0.2) is 0 Å². The third-order valence-corrected chi connectivity index (χ3v) is 2.64. The summed E-state index contributed by atoms with van der Waals surface area (Å²) in [5.74, 6) is 0. The largest absolute Gasteiger partial charge is 0.528 e. The molecule has 0 unspecified atom stereocenters. The molecule has 1 saturated heterocycles. The summed E-state index contributed by atoms with van der Waals surface area (Å²) in [6.07, 6.45) is -0.664. The molecular formula is C13H23N3O4. The Morgan fingerprint density at radius 1 is 1.25 bits per heavy atom. The molecule has 0 N–H and O–H groups in total. The second-order valence-electron chi connectivity index (χ2n) is 5.54. The molecule has 0 bridgehead atoms. The van der Waals surface area contributed by atoms with E-state index >= 15 is 0 Å². The van der Waals surface area contributed by atoms with E-state index in [1.807, 2.05) is 6.07 Å². The predicted molar refractivity (Wildman–Crippen MR) is 71.8 cm³/mol. The zero-order valence-electron chi connectivity index (χ0n) is 12.4. The number of carbonyl (C=O) groups excluding carboxylic acids is 1. The summed E-state index contributed by atoms with van der Waals surface area (Å²) >= 11 is 0. The van der Waals surface area contributed by atoms with Crippen LogP contribution in [-0.2, 0) is 14.3 Å². The number of nitriles is 1. The van der Waals surface area contributed by atoms with Crippen molar-refractivity contribution in [2.75, 3.05) is 45.9 Å². The summed E-state index contributed by atoms with van der Waals surface area (Å²) in [6.45, 7) is 9.70. The van der Waals surface area contributed by atoms with Gasteiger partial charge < -0.3 is 14.3 Å². The van der Waals surface area contributed by atoms with Gasteiger partial charge in [-0.1, -0.05) is 0 Å². The normalized spacial score (nSPS) is 17.5. The van der Waals surface area contributed by atoms with Crippen LogP contribution >= 0.6 is 0 Å². The molecule has 0 radical (unpaired) electrons. The van der Waals surface area contributed by atoms with Gasteiger partial charge in [-0.25, -0.2) is 4.79 Å². The number of piperazine rings is 1. The van der Waals surface area contributed by atoms with Crippen molar-refractivity contribution in [3.8, 4) is 6.07 Å². The lowest BCUT2D eigenvalue weighted by Gasteiger charge is -2.33. The molecule has 0 saturated carbocycles. The zero-order chi connectivity index (χ0) is 15.0. The van der Waals surface area contributed by atoms with Crippen molar-refractivity contribution < 1.29 is 19.1 Å². The Kier molecular flexibility index (Phi) is 6.71. The lowest BCUT2D eigenvalue weighted by Crippen LogP contribution is -2.48. The average Bonchev–Trinajstić information content (AvgIpc) is 2.34. The van der Waals surface area contributed by atoms with Gasteiger partial charge in [0.05, 0.1) is 12.7 Å². The van der Waals surface area contributed by atoms with Crippen molar-refractivity contribution in [2.45, 2.75) is 26.4 Å². The second kappa shape index (κ2) is 8.04. The average molecular weight is 285 g/mol. The third-order valence-electron chi connectivity index (χ3n) is 2.64. The second-order valence-corrected chi connectivity index (χ2v) is 5.54. The maximum atomic E-state index is 11.5. The minimum absolute atomic E-state index is 0.127. The molecule has 0 aromatic heterocycles. The van der Waals surface area contributed by atoms with Gasteiger partial charge in [0.1, 0.15) is 12.2 Å². The fourth-order valence-electron chi connectivity index (χ4n) is 1.73. The fourth-order valence-corrected chi connectivity index (χ4v) is 1.73. The van der Waals surface area contributed by atoms with E-state index in [1.54, 1.807) is 25.8 Å². The van der Waals surface area contributed by atoms with Gasteiger partial charge in [-0.15, -0.1) is 5.06 Å². The molecule has 1 rings (SSSR count). The number of hydrogen-bond donors (Lipinski definition) is 0. The first-order valence-electron chi connectivity index (χ1n) is 6.73. The van der Waals surface area contributed by atoms with Crippen LogP contribution in [0.4, 0.5) is 4.79 Å². The van der Waals surface area contributed by atoms with Crippen molar-refractivity contribution in [1.82, 2.24) is 9.96 Å². The molecule has 7 nitrogen and oxygen atoms in total. The van der Waals surface area contributed by atoms with E-state index in [4.69, 9.17) is 19.6 Å². The molecule has 0 aliphatic carbocycles. The first-order chi connectivity index (χ1) is 9.40. The lowest BCUT2D eigenvalue weighted by atomic mass is 10.2. The van der Waals surface area contributed by atoms with Crippen molar-refractivity contribution in [3.05, 3.63) is 0 Å². The van der Waals surface area contributed by atoms with Gasteiger partial charge in [0.2, 0.25) is 0 Å². The van der Waals surface area contributed by atoms with Crippen LogP contribution in [-0.4, -0.2) is 67.7 Å². The molecule has 0 amide bonds. The van der Waals surface area contributed by atoms with Crippen LogP contribution in [0.1, 0.15) is 20.8 Å². The molecule has 1 aliphatic rings. The molecule has 0 atom stereocenters. The van der Waals surface area contributed by atoms with Gasteiger partial charge in [-0.3, -0.25) is 4.90 Å². The molecule has 1 heterocycles. The highest BCUT2D eigenvalue weighted by Gasteiger charge is 2.23. The topological polar surface area (TPSA) is 75.0 Å². The van der Waals surface area contributed by atoms with Crippen LogP contribution in [0.25, 0.3) is 0 Å². The van der Waals surface area contributed by atoms with E-state index in [9.17, 15) is 4.79 Å². The summed E-state index contributed by atoms with van der Waals surface area (Å²) < 4.78 is 10.2. The number of hydroxylamine groups is 2. The van der Waals surface area contributed by atoms with E-state index in [0.29, 0.717) is 19.7 Å². The quantitative estimate of drug-likeness (QED) is 0.551. The Bertz CT molecular complexity index is 341. The Morgan fingerprint density at radius 3 is 2.45 bits per heavy atom. The molecule has 0 aromatic rings. The van der Waals surface area contributed by atoms with Crippen molar-refractivity contribution in [3.63, 3.8) is 0 Å². The summed E-state index contributed by atoms with van der Waals surface area (Å²) in [7, 11) is 0. The van der Waals surface area contributed by atoms with Gasteiger partial charge in [0, 0.05) is 32.7 Å². The molecule has 1 fully saturated rings. The molecule has 0 spiro atoms. The highest BCUT2D eigenvalue weighted by molar-refractivity contribution is 5.60. The molecule has 0 aromatic carbocycles. The summed E-state index contributed by atoms with van der Waals surface area (Å²) in [5.41, 5.74) is -0.545. The number of ether oxygens (including phenoxy) is 2. The van der Waals surface area contributed by atoms with Gasteiger partial charge in [0.15, 0.2) is 0 Å². The molecular weight excluding hydrogens is 262 g/mol. The van der Waals surface area contributed by atoms with Crippen LogP contribution in [0.2, 0.25) is 0 Å². The van der Waals surface area contributed by atoms with Gasteiger partial charge in [-0.2, -0.15) is 5.26 Å². The van der Waals surface area contributed by atoms with Crippen LogP contribution in [0.5, 0.6) is 0 Å². The van der Waals surface area contributed by atoms with Crippen molar-refractivity contribution in [2.24, 2.45) is 0 Å². The SMILES string of the molecule is CC(C)(C)OC(=O)ON1CCN(CCOCC#N)CC1. The maximum absolute atomic E-state index is 11.5.